The number of hydrogen-bond acceptors (Lipinski definition) is 5. The van der Waals surface area contributed by atoms with E-state index in [-0.39, 0.29) is 23.8 Å². The Kier molecular flexibility index (Phi) is 8.34. The van der Waals surface area contributed by atoms with Crippen molar-refractivity contribution in [2.75, 3.05) is 32.1 Å². The van der Waals surface area contributed by atoms with Crippen molar-refractivity contribution in [3.8, 4) is 11.3 Å². The molecule has 2 heterocycles. The first-order valence-corrected chi connectivity index (χ1v) is 12.9. The number of carbonyl (C=O) groups is 2. The van der Waals surface area contributed by atoms with Crippen LogP contribution in [0.1, 0.15) is 31.9 Å². The Morgan fingerprint density at radius 2 is 1.76 bits per heavy atom. The van der Waals surface area contributed by atoms with Gasteiger partial charge in [-0.15, -0.1) is 0 Å². The third-order valence-electron chi connectivity index (χ3n) is 6.91. The SMILES string of the molecule is CC(C)C(=O)N1C(C)CN(Cc2ccccc2N(C)C)CC1C(=O)NCc1ccc(-c2ccco2)cc1. The highest BCUT2D eigenvalue weighted by molar-refractivity contribution is 5.89. The monoisotopic (exact) mass is 502 g/mol. The summed E-state index contributed by atoms with van der Waals surface area (Å²) in [5.41, 5.74) is 4.35. The standard InChI is InChI=1S/C30H38N4O3/c1-21(2)30(36)34-22(3)18-33(19-25-9-6-7-10-26(25)32(4)5)20-27(34)29(35)31-17-23-12-14-24(15-13-23)28-11-8-16-37-28/h6-16,21-22,27H,17-20H2,1-5H3,(H,31,35). The second-order valence-electron chi connectivity index (χ2n) is 10.4. The Morgan fingerprint density at radius 3 is 2.41 bits per heavy atom. The number of furan rings is 1. The van der Waals surface area contributed by atoms with Crippen molar-refractivity contribution in [2.24, 2.45) is 5.92 Å². The third kappa shape index (κ3) is 6.23. The summed E-state index contributed by atoms with van der Waals surface area (Å²) < 4.78 is 5.46. The molecule has 1 N–H and O–H groups in total. The van der Waals surface area contributed by atoms with Crippen molar-refractivity contribution in [1.82, 2.24) is 15.1 Å². The summed E-state index contributed by atoms with van der Waals surface area (Å²) in [6, 6.07) is 19.4. The Morgan fingerprint density at radius 1 is 1.03 bits per heavy atom. The van der Waals surface area contributed by atoms with Crippen molar-refractivity contribution in [2.45, 2.75) is 45.9 Å². The number of para-hydroxylation sites is 1. The molecule has 7 heteroatoms. The van der Waals surface area contributed by atoms with E-state index in [2.05, 4.69) is 27.2 Å². The lowest BCUT2D eigenvalue weighted by molar-refractivity contribution is -0.150. The molecule has 1 fully saturated rings. The molecule has 2 aromatic carbocycles. The summed E-state index contributed by atoms with van der Waals surface area (Å²) in [6.45, 7) is 8.16. The van der Waals surface area contributed by atoms with Gasteiger partial charge in [-0.2, -0.15) is 0 Å². The Balaban J connectivity index is 1.48. The van der Waals surface area contributed by atoms with Gasteiger partial charge in [0.15, 0.2) is 0 Å². The number of carbonyl (C=O) groups excluding carboxylic acids is 2. The number of piperazine rings is 1. The van der Waals surface area contributed by atoms with Gasteiger partial charge in [-0.05, 0) is 36.2 Å². The first kappa shape index (κ1) is 26.5. The molecule has 2 unspecified atom stereocenters. The van der Waals surface area contributed by atoms with Crippen molar-refractivity contribution in [3.05, 3.63) is 78.1 Å². The molecule has 1 aromatic heterocycles. The maximum atomic E-state index is 13.5. The minimum absolute atomic E-state index is 0.0174. The fourth-order valence-electron chi connectivity index (χ4n) is 5.04. The van der Waals surface area contributed by atoms with Gasteiger partial charge in [-0.3, -0.25) is 14.5 Å². The molecular weight excluding hydrogens is 464 g/mol. The maximum Gasteiger partial charge on any atom is 0.244 e. The summed E-state index contributed by atoms with van der Waals surface area (Å²) >= 11 is 0. The summed E-state index contributed by atoms with van der Waals surface area (Å²) in [5, 5.41) is 3.09. The largest absolute Gasteiger partial charge is 0.464 e. The van der Waals surface area contributed by atoms with Gasteiger partial charge < -0.3 is 19.5 Å². The molecule has 37 heavy (non-hydrogen) atoms. The summed E-state index contributed by atoms with van der Waals surface area (Å²) in [6.07, 6.45) is 1.65. The molecule has 0 aliphatic carbocycles. The number of amides is 2. The van der Waals surface area contributed by atoms with Crippen LogP contribution in [0.5, 0.6) is 0 Å². The van der Waals surface area contributed by atoms with Crippen LogP contribution in [-0.2, 0) is 22.7 Å². The Hall–Kier alpha value is -3.58. The molecule has 3 aromatic rings. The van der Waals surface area contributed by atoms with Gasteiger partial charge >= 0.3 is 0 Å². The smallest absolute Gasteiger partial charge is 0.244 e. The molecule has 2 atom stereocenters. The van der Waals surface area contributed by atoms with Gasteiger partial charge in [0, 0.05) is 63.5 Å². The summed E-state index contributed by atoms with van der Waals surface area (Å²) in [7, 11) is 4.08. The zero-order chi connectivity index (χ0) is 26.5. The fourth-order valence-corrected chi connectivity index (χ4v) is 5.04. The second kappa shape index (κ2) is 11.6. The lowest BCUT2D eigenvalue weighted by atomic mass is 10.0. The first-order chi connectivity index (χ1) is 17.7. The van der Waals surface area contributed by atoms with Gasteiger partial charge in [0.25, 0.3) is 0 Å². The van der Waals surface area contributed by atoms with Crippen LogP contribution in [0.2, 0.25) is 0 Å². The van der Waals surface area contributed by atoms with Crippen molar-refractivity contribution >= 4 is 17.5 Å². The molecule has 1 aliphatic heterocycles. The van der Waals surface area contributed by atoms with Crippen LogP contribution in [0, 0.1) is 5.92 Å². The highest BCUT2D eigenvalue weighted by atomic mass is 16.3. The zero-order valence-corrected chi connectivity index (χ0v) is 22.5. The van der Waals surface area contributed by atoms with Crippen LogP contribution < -0.4 is 10.2 Å². The van der Waals surface area contributed by atoms with Gasteiger partial charge in [0.05, 0.1) is 6.26 Å². The van der Waals surface area contributed by atoms with E-state index in [0.717, 1.165) is 35.7 Å². The topological polar surface area (TPSA) is 69.0 Å². The number of nitrogens with one attached hydrogen (secondary N) is 1. The van der Waals surface area contributed by atoms with Crippen LogP contribution in [0.3, 0.4) is 0 Å². The molecule has 0 spiro atoms. The molecular formula is C30H38N4O3. The van der Waals surface area contributed by atoms with Crippen molar-refractivity contribution in [3.63, 3.8) is 0 Å². The molecule has 1 aliphatic rings. The van der Waals surface area contributed by atoms with Gasteiger partial charge in [-0.25, -0.2) is 0 Å². The fraction of sp³-hybridized carbons (Fsp3) is 0.400. The van der Waals surface area contributed by atoms with Crippen molar-refractivity contribution < 1.29 is 14.0 Å². The maximum absolute atomic E-state index is 13.5. The van der Waals surface area contributed by atoms with Gasteiger partial charge in [0.1, 0.15) is 11.8 Å². The number of anilines is 1. The molecule has 0 saturated carbocycles. The molecule has 1 saturated heterocycles. The van der Waals surface area contributed by atoms with Crippen LogP contribution >= 0.6 is 0 Å². The van der Waals surface area contributed by atoms with E-state index in [9.17, 15) is 9.59 Å². The Bertz CT molecular complexity index is 1190. The molecule has 2 amide bonds. The lowest BCUT2D eigenvalue weighted by Crippen LogP contribution is -2.64. The molecule has 0 radical (unpaired) electrons. The lowest BCUT2D eigenvalue weighted by Gasteiger charge is -2.45. The molecule has 0 bridgehead atoms. The van der Waals surface area contributed by atoms with Gasteiger partial charge in [0.2, 0.25) is 11.8 Å². The number of hydrogen-bond donors (Lipinski definition) is 1. The summed E-state index contributed by atoms with van der Waals surface area (Å²) in [5.74, 6) is 0.531. The number of benzene rings is 2. The molecule has 196 valence electrons. The predicted molar refractivity (Wildman–Crippen MR) is 147 cm³/mol. The summed E-state index contributed by atoms with van der Waals surface area (Å²) in [4.78, 5) is 32.9. The van der Waals surface area contributed by atoms with E-state index >= 15 is 0 Å². The van der Waals surface area contributed by atoms with Crippen LogP contribution in [0.25, 0.3) is 11.3 Å². The van der Waals surface area contributed by atoms with E-state index in [1.807, 2.05) is 83.4 Å². The van der Waals surface area contributed by atoms with Crippen LogP contribution in [0.4, 0.5) is 5.69 Å². The number of nitrogens with zero attached hydrogens (tertiary/aromatic N) is 3. The van der Waals surface area contributed by atoms with E-state index in [0.29, 0.717) is 13.1 Å². The minimum atomic E-state index is -0.549. The first-order valence-electron chi connectivity index (χ1n) is 12.9. The molecule has 4 rings (SSSR count). The van der Waals surface area contributed by atoms with Crippen LogP contribution in [0.15, 0.2) is 71.3 Å². The normalized spacial score (nSPS) is 18.2. The average molecular weight is 503 g/mol. The quantitative estimate of drug-likeness (QED) is 0.495. The van der Waals surface area contributed by atoms with Crippen LogP contribution in [-0.4, -0.2) is 60.9 Å². The zero-order valence-electron chi connectivity index (χ0n) is 22.5. The number of rotatable bonds is 8. The minimum Gasteiger partial charge on any atom is -0.464 e. The third-order valence-corrected chi connectivity index (χ3v) is 6.91. The molecule has 7 nitrogen and oxygen atoms in total. The average Bonchev–Trinajstić information content (AvgIpc) is 3.42. The Labute approximate surface area is 220 Å². The van der Waals surface area contributed by atoms with E-state index in [4.69, 9.17) is 4.42 Å². The predicted octanol–water partition coefficient (Wildman–Crippen LogP) is 4.39. The van der Waals surface area contributed by atoms with Gasteiger partial charge in [-0.1, -0.05) is 56.3 Å². The van der Waals surface area contributed by atoms with E-state index < -0.39 is 6.04 Å². The second-order valence-corrected chi connectivity index (χ2v) is 10.4. The van der Waals surface area contributed by atoms with Crippen molar-refractivity contribution in [1.29, 1.82) is 0 Å². The van der Waals surface area contributed by atoms with E-state index in [1.54, 1.807) is 11.2 Å². The highest BCUT2D eigenvalue weighted by Crippen LogP contribution is 2.25. The highest BCUT2D eigenvalue weighted by Gasteiger charge is 2.40. The van der Waals surface area contributed by atoms with E-state index in [1.165, 1.54) is 5.56 Å².